The summed E-state index contributed by atoms with van der Waals surface area (Å²) in [6, 6.07) is 3.97. The van der Waals surface area contributed by atoms with Crippen LogP contribution in [-0.2, 0) is 13.0 Å². The summed E-state index contributed by atoms with van der Waals surface area (Å²) in [7, 11) is 3.26. The minimum absolute atomic E-state index is 0.0560. The van der Waals surface area contributed by atoms with Crippen LogP contribution < -0.4 is 9.47 Å². The summed E-state index contributed by atoms with van der Waals surface area (Å²) in [4.78, 5) is 19.4. The van der Waals surface area contributed by atoms with Gasteiger partial charge in [0, 0.05) is 13.1 Å². The lowest BCUT2D eigenvalue weighted by atomic mass is 9.98. The number of amides is 1. The fourth-order valence-electron chi connectivity index (χ4n) is 2.71. The Morgan fingerprint density at radius 2 is 1.91 bits per heavy atom. The van der Waals surface area contributed by atoms with Crippen molar-refractivity contribution < 1.29 is 14.3 Å². The molecule has 2 heterocycles. The number of rotatable bonds is 3. The van der Waals surface area contributed by atoms with Gasteiger partial charge in [-0.25, -0.2) is 4.98 Å². The van der Waals surface area contributed by atoms with Crippen LogP contribution in [0.25, 0.3) is 0 Å². The van der Waals surface area contributed by atoms with Crippen LogP contribution in [0.5, 0.6) is 11.5 Å². The predicted octanol–water partition coefficient (Wildman–Crippen LogP) is 2.67. The molecule has 0 radical (unpaired) electrons. The van der Waals surface area contributed by atoms with E-state index in [1.165, 1.54) is 16.9 Å². The molecule has 5 nitrogen and oxygen atoms in total. The molecule has 1 aromatic heterocycles. The van der Waals surface area contributed by atoms with Gasteiger partial charge in [0.2, 0.25) is 0 Å². The molecule has 2 aromatic rings. The van der Waals surface area contributed by atoms with Gasteiger partial charge in [-0.3, -0.25) is 4.79 Å². The van der Waals surface area contributed by atoms with Crippen LogP contribution in [0.15, 0.2) is 17.6 Å². The van der Waals surface area contributed by atoms with Crippen molar-refractivity contribution in [3.8, 4) is 11.5 Å². The highest BCUT2D eigenvalue weighted by atomic mass is 32.1. The van der Waals surface area contributed by atoms with Crippen LogP contribution in [0.3, 0.4) is 0 Å². The molecule has 0 fully saturated rings. The monoisotopic (exact) mass is 318 g/mol. The third-order valence-electron chi connectivity index (χ3n) is 3.95. The van der Waals surface area contributed by atoms with Gasteiger partial charge in [0.25, 0.3) is 5.91 Å². The normalized spacial score (nSPS) is 13.7. The first-order chi connectivity index (χ1) is 10.6. The van der Waals surface area contributed by atoms with E-state index in [9.17, 15) is 4.79 Å². The van der Waals surface area contributed by atoms with Crippen LogP contribution in [-0.4, -0.2) is 36.6 Å². The van der Waals surface area contributed by atoms with E-state index in [1.54, 1.807) is 19.7 Å². The summed E-state index contributed by atoms with van der Waals surface area (Å²) in [5.41, 5.74) is 4.84. The molecule has 0 N–H and O–H groups in total. The number of aryl methyl sites for hydroxylation is 1. The van der Waals surface area contributed by atoms with Crippen LogP contribution >= 0.6 is 11.3 Å². The second-order valence-electron chi connectivity index (χ2n) is 5.22. The SMILES string of the molecule is COc1cc2c(cc1OC)CN(C(=O)c1scnc1C)CC2. The van der Waals surface area contributed by atoms with E-state index in [1.807, 2.05) is 24.0 Å². The summed E-state index contributed by atoms with van der Waals surface area (Å²) in [6.07, 6.45) is 0.819. The molecule has 0 saturated heterocycles. The quantitative estimate of drug-likeness (QED) is 0.873. The molecule has 1 amide bonds. The van der Waals surface area contributed by atoms with Crippen LogP contribution in [0.4, 0.5) is 0 Å². The number of carbonyl (C=O) groups is 1. The largest absolute Gasteiger partial charge is 0.493 e. The maximum atomic E-state index is 12.6. The molecule has 0 unspecified atom stereocenters. The number of fused-ring (bicyclic) bond motifs is 1. The van der Waals surface area contributed by atoms with Crippen LogP contribution in [0.1, 0.15) is 26.5 Å². The van der Waals surface area contributed by atoms with Crippen molar-refractivity contribution in [2.45, 2.75) is 19.9 Å². The smallest absolute Gasteiger partial charge is 0.266 e. The molecule has 1 aromatic carbocycles. The Morgan fingerprint density at radius 3 is 2.50 bits per heavy atom. The zero-order valence-corrected chi connectivity index (χ0v) is 13.7. The zero-order valence-electron chi connectivity index (χ0n) is 12.9. The summed E-state index contributed by atoms with van der Waals surface area (Å²) in [6.45, 7) is 3.17. The van der Waals surface area contributed by atoms with Gasteiger partial charge in [-0.1, -0.05) is 0 Å². The number of nitrogens with zero attached hydrogens (tertiary/aromatic N) is 2. The molecule has 22 heavy (non-hydrogen) atoms. The van der Waals surface area contributed by atoms with E-state index in [2.05, 4.69) is 4.98 Å². The standard InChI is InChI=1S/C16H18N2O3S/c1-10-15(22-9-17-10)16(19)18-5-4-11-6-13(20-2)14(21-3)7-12(11)8-18/h6-7,9H,4-5,8H2,1-3H3. The van der Waals surface area contributed by atoms with Crippen molar-refractivity contribution in [3.63, 3.8) is 0 Å². The predicted molar refractivity (Wildman–Crippen MR) is 84.8 cm³/mol. The molecule has 0 bridgehead atoms. The number of benzene rings is 1. The Balaban J connectivity index is 1.87. The first-order valence-electron chi connectivity index (χ1n) is 7.07. The lowest BCUT2D eigenvalue weighted by molar-refractivity contribution is 0.0738. The minimum atomic E-state index is 0.0560. The maximum absolute atomic E-state index is 12.6. The third kappa shape index (κ3) is 2.54. The number of thiazole rings is 1. The second kappa shape index (κ2) is 5.96. The van der Waals surface area contributed by atoms with E-state index in [-0.39, 0.29) is 5.91 Å². The fraction of sp³-hybridized carbons (Fsp3) is 0.375. The van der Waals surface area contributed by atoms with Gasteiger partial charge in [0.05, 0.1) is 25.4 Å². The average molecular weight is 318 g/mol. The Morgan fingerprint density at radius 1 is 1.23 bits per heavy atom. The van der Waals surface area contributed by atoms with Crippen molar-refractivity contribution in [2.24, 2.45) is 0 Å². The Hall–Kier alpha value is -2.08. The molecule has 1 aliphatic heterocycles. The number of ether oxygens (including phenoxy) is 2. The van der Waals surface area contributed by atoms with Crippen molar-refractivity contribution in [1.29, 1.82) is 0 Å². The van der Waals surface area contributed by atoms with Gasteiger partial charge in [0.1, 0.15) is 4.88 Å². The number of aromatic nitrogens is 1. The molecular formula is C16H18N2O3S. The summed E-state index contributed by atoms with van der Waals surface area (Å²) < 4.78 is 10.7. The van der Waals surface area contributed by atoms with E-state index < -0.39 is 0 Å². The Kier molecular flexibility index (Phi) is 4.02. The van der Waals surface area contributed by atoms with Crippen LogP contribution in [0.2, 0.25) is 0 Å². The highest BCUT2D eigenvalue weighted by Crippen LogP contribution is 2.33. The number of hydrogen-bond acceptors (Lipinski definition) is 5. The van der Waals surface area contributed by atoms with Gasteiger partial charge < -0.3 is 14.4 Å². The zero-order chi connectivity index (χ0) is 15.7. The van der Waals surface area contributed by atoms with Crippen LogP contribution in [0, 0.1) is 6.92 Å². The van der Waals surface area contributed by atoms with Crippen molar-refractivity contribution >= 4 is 17.2 Å². The van der Waals surface area contributed by atoms with E-state index in [0.29, 0.717) is 18.8 Å². The minimum Gasteiger partial charge on any atom is -0.493 e. The van der Waals surface area contributed by atoms with Crippen molar-refractivity contribution in [3.05, 3.63) is 39.3 Å². The summed E-state index contributed by atoms with van der Waals surface area (Å²) >= 11 is 1.40. The highest BCUT2D eigenvalue weighted by Gasteiger charge is 2.25. The van der Waals surface area contributed by atoms with E-state index in [4.69, 9.17) is 9.47 Å². The first kappa shape index (κ1) is 14.8. The van der Waals surface area contributed by atoms with Gasteiger partial charge >= 0.3 is 0 Å². The molecule has 1 aliphatic rings. The molecule has 3 rings (SSSR count). The molecule has 0 atom stereocenters. The van der Waals surface area contributed by atoms with Gasteiger partial charge in [-0.15, -0.1) is 11.3 Å². The summed E-state index contributed by atoms with van der Waals surface area (Å²) in [5, 5.41) is 0. The van der Waals surface area contributed by atoms with E-state index in [0.717, 1.165) is 28.3 Å². The molecule has 0 spiro atoms. The lowest BCUT2D eigenvalue weighted by Crippen LogP contribution is -2.35. The first-order valence-corrected chi connectivity index (χ1v) is 7.95. The number of hydrogen-bond donors (Lipinski definition) is 0. The van der Waals surface area contributed by atoms with Crippen molar-refractivity contribution in [1.82, 2.24) is 9.88 Å². The maximum Gasteiger partial charge on any atom is 0.266 e. The third-order valence-corrected chi connectivity index (χ3v) is 4.86. The number of carbonyl (C=O) groups excluding carboxylic acids is 1. The lowest BCUT2D eigenvalue weighted by Gasteiger charge is -2.29. The average Bonchev–Trinajstić information content (AvgIpc) is 2.98. The Bertz CT molecular complexity index is 711. The van der Waals surface area contributed by atoms with Gasteiger partial charge in [-0.05, 0) is 36.6 Å². The Labute approximate surface area is 133 Å². The molecule has 0 saturated carbocycles. The second-order valence-corrected chi connectivity index (χ2v) is 6.07. The molecule has 116 valence electrons. The van der Waals surface area contributed by atoms with E-state index >= 15 is 0 Å². The topological polar surface area (TPSA) is 51.7 Å². The molecule has 0 aliphatic carbocycles. The number of methoxy groups -OCH3 is 2. The highest BCUT2D eigenvalue weighted by molar-refractivity contribution is 7.11. The molecular weight excluding hydrogens is 300 g/mol. The van der Waals surface area contributed by atoms with Gasteiger partial charge in [-0.2, -0.15) is 0 Å². The fourth-order valence-corrected chi connectivity index (χ4v) is 3.48. The van der Waals surface area contributed by atoms with Gasteiger partial charge in [0.15, 0.2) is 11.5 Å². The van der Waals surface area contributed by atoms with Crippen molar-refractivity contribution in [2.75, 3.05) is 20.8 Å². The molecule has 6 heteroatoms. The summed E-state index contributed by atoms with van der Waals surface area (Å²) in [5.74, 6) is 1.49.